The second-order valence-corrected chi connectivity index (χ2v) is 5.57. The molecule has 0 aliphatic carbocycles. The highest BCUT2D eigenvalue weighted by molar-refractivity contribution is 6.31. The maximum Gasteiger partial charge on any atom is 0.337 e. The minimum absolute atomic E-state index is 0.250. The molecule has 0 fully saturated rings. The topological polar surface area (TPSA) is 67.0 Å². The molecule has 0 radical (unpaired) electrons. The molecule has 5 nitrogen and oxygen atoms in total. The van der Waals surface area contributed by atoms with Gasteiger partial charge in [-0.2, -0.15) is 5.10 Å². The first-order chi connectivity index (χ1) is 10.2. The third-order valence-electron chi connectivity index (χ3n) is 3.95. The van der Waals surface area contributed by atoms with Crippen LogP contribution in [-0.4, -0.2) is 22.8 Å². The summed E-state index contributed by atoms with van der Waals surface area (Å²) in [5, 5.41) is 11.0. The predicted octanol–water partition coefficient (Wildman–Crippen LogP) is 2.74. The van der Waals surface area contributed by atoms with Gasteiger partial charge in [0.25, 0.3) is 0 Å². The zero-order valence-corrected chi connectivity index (χ0v) is 12.0. The smallest absolute Gasteiger partial charge is 0.337 e. The third kappa shape index (κ3) is 1.70. The Bertz CT molecular complexity index is 794. The molecule has 0 bridgehead atoms. The molecule has 21 heavy (non-hydrogen) atoms. The number of carbonyl (C=O) groups is 1. The van der Waals surface area contributed by atoms with Crippen LogP contribution in [0.1, 0.15) is 22.7 Å². The van der Waals surface area contributed by atoms with E-state index < -0.39 is 0 Å². The molecule has 0 amide bonds. The van der Waals surface area contributed by atoms with E-state index in [0.717, 1.165) is 28.3 Å². The van der Waals surface area contributed by atoms with Crippen LogP contribution < -0.4 is 5.32 Å². The Kier molecular flexibility index (Phi) is 2.59. The summed E-state index contributed by atoms with van der Waals surface area (Å²) in [7, 11) is 0. The van der Waals surface area contributed by atoms with Gasteiger partial charge in [-0.15, -0.1) is 0 Å². The van der Waals surface area contributed by atoms with Gasteiger partial charge in [0.1, 0.15) is 6.61 Å². The number of rotatable bonds is 1. The standard InChI is InChI=1S/C15H12ClN3O2/c1-7-11-12(8-4-2-3-5-9(8)16)13-10(6-21-15(13)20)17-14(11)19-18-7/h2-5,12H,6H2,1H3,(H2,17,18,19)/t12-/m1/s1. The molecule has 1 aromatic heterocycles. The number of anilines is 1. The van der Waals surface area contributed by atoms with Crippen molar-refractivity contribution in [1.29, 1.82) is 0 Å². The molecule has 4 rings (SSSR count). The van der Waals surface area contributed by atoms with E-state index in [1.54, 1.807) is 0 Å². The van der Waals surface area contributed by atoms with Gasteiger partial charge in [-0.3, -0.25) is 5.10 Å². The molecule has 0 spiro atoms. The number of nitrogens with zero attached hydrogens (tertiary/aromatic N) is 1. The monoisotopic (exact) mass is 301 g/mol. The zero-order valence-electron chi connectivity index (χ0n) is 11.2. The number of fused-ring (bicyclic) bond motifs is 1. The number of ether oxygens (including phenoxy) is 1. The van der Waals surface area contributed by atoms with Gasteiger partial charge >= 0.3 is 5.97 Å². The third-order valence-corrected chi connectivity index (χ3v) is 4.29. The van der Waals surface area contributed by atoms with E-state index in [9.17, 15) is 4.79 Å². The largest absolute Gasteiger partial charge is 0.456 e. The number of cyclic esters (lactones) is 1. The van der Waals surface area contributed by atoms with Crippen LogP contribution in [0.25, 0.3) is 0 Å². The number of benzene rings is 1. The van der Waals surface area contributed by atoms with Crippen molar-refractivity contribution in [3.8, 4) is 0 Å². The summed E-state index contributed by atoms with van der Waals surface area (Å²) in [6, 6.07) is 7.55. The van der Waals surface area contributed by atoms with Crippen LogP contribution in [0.15, 0.2) is 35.5 Å². The van der Waals surface area contributed by atoms with E-state index >= 15 is 0 Å². The number of aromatic amines is 1. The number of aryl methyl sites for hydroxylation is 1. The second kappa shape index (κ2) is 4.36. The van der Waals surface area contributed by atoms with E-state index in [0.29, 0.717) is 10.6 Å². The summed E-state index contributed by atoms with van der Waals surface area (Å²) >= 11 is 6.36. The van der Waals surface area contributed by atoms with Crippen LogP contribution in [0.3, 0.4) is 0 Å². The normalized spacial score (nSPS) is 19.9. The number of nitrogens with one attached hydrogen (secondary N) is 2. The summed E-state index contributed by atoms with van der Waals surface area (Å²) in [5.74, 6) is 0.182. The molecule has 6 heteroatoms. The SMILES string of the molecule is Cc1[nH]nc2c1[C@@H](c1ccccc1Cl)C1=C(COC1=O)N2. The first-order valence-corrected chi connectivity index (χ1v) is 7.01. The van der Waals surface area contributed by atoms with Crippen LogP contribution >= 0.6 is 11.6 Å². The van der Waals surface area contributed by atoms with Gasteiger partial charge in [0.15, 0.2) is 5.82 Å². The molecular formula is C15H12ClN3O2. The number of hydrogen-bond acceptors (Lipinski definition) is 4. The average Bonchev–Trinajstić information content (AvgIpc) is 3.03. The Morgan fingerprint density at radius 3 is 3.00 bits per heavy atom. The highest BCUT2D eigenvalue weighted by atomic mass is 35.5. The lowest BCUT2D eigenvalue weighted by molar-refractivity contribution is -0.136. The molecule has 2 aromatic rings. The van der Waals surface area contributed by atoms with Crippen LogP contribution in [0.5, 0.6) is 0 Å². The first kappa shape index (κ1) is 12.5. The van der Waals surface area contributed by atoms with Gasteiger partial charge in [0.05, 0.1) is 17.2 Å². The van der Waals surface area contributed by atoms with Gasteiger partial charge in [-0.1, -0.05) is 29.8 Å². The van der Waals surface area contributed by atoms with Crippen molar-refractivity contribution in [2.75, 3.05) is 11.9 Å². The fourth-order valence-electron chi connectivity index (χ4n) is 3.01. The Morgan fingerprint density at radius 1 is 1.38 bits per heavy atom. The summed E-state index contributed by atoms with van der Waals surface area (Å²) in [4.78, 5) is 12.2. The van der Waals surface area contributed by atoms with E-state index in [4.69, 9.17) is 16.3 Å². The van der Waals surface area contributed by atoms with Crippen molar-refractivity contribution in [2.45, 2.75) is 12.8 Å². The number of aromatic nitrogens is 2. The molecule has 106 valence electrons. The van der Waals surface area contributed by atoms with Gasteiger partial charge in [0, 0.05) is 16.3 Å². The molecular weight excluding hydrogens is 290 g/mol. The van der Waals surface area contributed by atoms with Crippen molar-refractivity contribution >= 4 is 23.4 Å². The van der Waals surface area contributed by atoms with Crippen molar-refractivity contribution in [1.82, 2.24) is 10.2 Å². The lowest BCUT2D eigenvalue weighted by atomic mass is 9.82. The summed E-state index contributed by atoms with van der Waals surface area (Å²) in [6.07, 6.45) is 0. The van der Waals surface area contributed by atoms with Crippen LogP contribution in [0.4, 0.5) is 5.82 Å². The predicted molar refractivity (Wildman–Crippen MR) is 78.2 cm³/mol. The van der Waals surface area contributed by atoms with Crippen LogP contribution in [0.2, 0.25) is 5.02 Å². The molecule has 0 saturated heterocycles. The number of hydrogen-bond donors (Lipinski definition) is 2. The van der Waals surface area contributed by atoms with E-state index in [1.807, 2.05) is 31.2 Å². The van der Waals surface area contributed by atoms with Gasteiger partial charge in [-0.05, 0) is 18.6 Å². The first-order valence-electron chi connectivity index (χ1n) is 6.63. The highest BCUT2D eigenvalue weighted by Crippen LogP contribution is 2.46. The van der Waals surface area contributed by atoms with Gasteiger partial charge < -0.3 is 10.1 Å². The molecule has 1 aromatic carbocycles. The quantitative estimate of drug-likeness (QED) is 0.795. The fraction of sp³-hybridized carbons (Fsp3) is 0.200. The Hall–Kier alpha value is -2.27. The number of halogens is 1. The van der Waals surface area contributed by atoms with Crippen LogP contribution in [0, 0.1) is 6.92 Å². The fourth-order valence-corrected chi connectivity index (χ4v) is 3.25. The Morgan fingerprint density at radius 2 is 2.19 bits per heavy atom. The summed E-state index contributed by atoms with van der Waals surface area (Å²) in [5.41, 5.74) is 4.14. The van der Waals surface area contributed by atoms with Crippen LogP contribution in [-0.2, 0) is 9.53 Å². The minimum Gasteiger partial charge on any atom is -0.456 e. The van der Waals surface area contributed by atoms with Crippen molar-refractivity contribution in [2.24, 2.45) is 0 Å². The Labute approximate surface area is 126 Å². The molecule has 2 N–H and O–H groups in total. The van der Waals surface area contributed by atoms with Crippen molar-refractivity contribution in [3.63, 3.8) is 0 Å². The molecule has 1 atom stereocenters. The summed E-state index contributed by atoms with van der Waals surface area (Å²) in [6.45, 7) is 2.18. The Balaban J connectivity index is 1.99. The molecule has 2 aliphatic heterocycles. The van der Waals surface area contributed by atoms with Gasteiger partial charge in [-0.25, -0.2) is 4.79 Å². The lowest BCUT2D eigenvalue weighted by Gasteiger charge is -2.24. The van der Waals surface area contributed by atoms with E-state index in [1.165, 1.54) is 0 Å². The maximum absolute atomic E-state index is 12.2. The molecule has 2 aliphatic rings. The number of carbonyl (C=O) groups excluding carboxylic acids is 1. The highest BCUT2D eigenvalue weighted by Gasteiger charge is 2.41. The van der Waals surface area contributed by atoms with Crippen molar-refractivity contribution in [3.05, 3.63) is 57.4 Å². The molecule has 3 heterocycles. The number of H-pyrrole nitrogens is 1. The average molecular weight is 302 g/mol. The van der Waals surface area contributed by atoms with E-state index in [-0.39, 0.29) is 18.5 Å². The van der Waals surface area contributed by atoms with E-state index in [2.05, 4.69) is 15.5 Å². The molecule has 0 saturated carbocycles. The van der Waals surface area contributed by atoms with Crippen molar-refractivity contribution < 1.29 is 9.53 Å². The summed E-state index contributed by atoms with van der Waals surface area (Å²) < 4.78 is 5.18. The molecule has 0 unspecified atom stereocenters. The minimum atomic E-state index is -0.298. The second-order valence-electron chi connectivity index (χ2n) is 5.16. The lowest BCUT2D eigenvalue weighted by Crippen LogP contribution is -2.20. The number of esters is 1. The van der Waals surface area contributed by atoms with Gasteiger partial charge in [0.2, 0.25) is 0 Å². The maximum atomic E-state index is 12.2. The zero-order chi connectivity index (χ0) is 14.6.